The number of hydrogen-bond acceptors (Lipinski definition) is 17. The van der Waals surface area contributed by atoms with Gasteiger partial charge in [0.2, 0.25) is 5.75 Å². The van der Waals surface area contributed by atoms with Crippen LogP contribution in [0.4, 0.5) is 13.6 Å². The van der Waals surface area contributed by atoms with Gasteiger partial charge in [-0.3, -0.25) is 14.4 Å². The molecule has 20 nitrogen and oxygen atoms in total. The number of aliphatic hydroxyl groups is 1. The third-order valence-corrected chi connectivity index (χ3v) is 11.8. The minimum absolute atomic E-state index is 0.00304. The van der Waals surface area contributed by atoms with Crippen LogP contribution >= 0.6 is 0 Å². The summed E-state index contributed by atoms with van der Waals surface area (Å²) in [4.78, 5) is 88.2. The number of phenolic OH excluding ortho intramolecular Hbond substituents is 2. The molecule has 4 aliphatic rings. The Hall–Kier alpha value is -5.93. The molecule has 3 saturated carbocycles. The number of ether oxygens (including phenoxy) is 3. The molecule has 1 aromatic carbocycles. The summed E-state index contributed by atoms with van der Waals surface area (Å²) in [5, 5.41) is 57.5. The Bertz CT molecular complexity index is 1910. The topological polar surface area (TPSA) is 299 Å². The Labute approximate surface area is 340 Å². The van der Waals surface area contributed by atoms with Crippen LogP contribution in [0.3, 0.4) is 0 Å². The molecule has 5 rings (SSSR count). The summed E-state index contributed by atoms with van der Waals surface area (Å²) in [6, 6.07) is 1.76. The molecule has 0 bridgehead atoms. The number of ketones is 2. The molecule has 22 heteroatoms. The molecule has 6 unspecified atom stereocenters. The van der Waals surface area contributed by atoms with Crippen LogP contribution in [0.1, 0.15) is 76.1 Å². The predicted molar refractivity (Wildman–Crippen MR) is 196 cm³/mol. The van der Waals surface area contributed by atoms with Crippen molar-refractivity contribution in [3.8, 4) is 17.2 Å². The number of unbranched alkanes of at least 4 members (excludes halogenated alkanes) is 1. The fraction of sp³-hybridized carbons (Fsp3) is 0.605. The van der Waals surface area contributed by atoms with Gasteiger partial charge >= 0.3 is 18.1 Å². The van der Waals surface area contributed by atoms with Crippen molar-refractivity contribution in [2.45, 2.75) is 83.7 Å². The van der Waals surface area contributed by atoms with Gasteiger partial charge in [-0.25, -0.2) is 18.4 Å². The number of carbonyl (C=O) groups excluding carboxylic acids is 4. The quantitative estimate of drug-likeness (QED) is 0.0442. The van der Waals surface area contributed by atoms with Crippen LogP contribution in [-0.2, 0) is 33.5 Å². The van der Waals surface area contributed by atoms with E-state index in [1.54, 1.807) is 13.8 Å². The zero-order chi connectivity index (χ0) is 44.7. The van der Waals surface area contributed by atoms with Crippen molar-refractivity contribution >= 4 is 29.7 Å². The second kappa shape index (κ2) is 19.0. The maximum Gasteiger partial charge on any atom is 0.514 e. The van der Waals surface area contributed by atoms with Crippen LogP contribution in [0.25, 0.3) is 0 Å². The first-order chi connectivity index (χ1) is 28.1. The van der Waals surface area contributed by atoms with E-state index < -0.39 is 110 Å². The summed E-state index contributed by atoms with van der Waals surface area (Å²) >= 11 is 0. The lowest BCUT2D eigenvalue weighted by Gasteiger charge is -2.62. The number of carbonyl (C=O) groups is 5. The number of alkyl halides is 2. The van der Waals surface area contributed by atoms with Crippen molar-refractivity contribution in [3.63, 3.8) is 0 Å². The van der Waals surface area contributed by atoms with Crippen LogP contribution in [0.2, 0.25) is 0 Å². The minimum atomic E-state index is -2.30. The van der Waals surface area contributed by atoms with E-state index in [0.717, 1.165) is 18.2 Å². The third-order valence-electron chi connectivity index (χ3n) is 11.8. The average molecular weight is 857 g/mol. The molecule has 0 heterocycles. The van der Waals surface area contributed by atoms with Gasteiger partial charge in [0.15, 0.2) is 35.3 Å². The number of aliphatic hydroxyl groups excluding tert-OH is 1. The molecule has 60 heavy (non-hydrogen) atoms. The molecular weight excluding hydrogens is 810 g/mol. The van der Waals surface area contributed by atoms with Crippen LogP contribution in [0.5, 0.6) is 17.2 Å². The van der Waals surface area contributed by atoms with E-state index in [2.05, 4.69) is 9.68 Å². The Morgan fingerprint density at radius 2 is 1.58 bits per heavy atom. The lowest BCUT2D eigenvalue weighted by molar-refractivity contribution is -0.757. The summed E-state index contributed by atoms with van der Waals surface area (Å²) in [6.07, 6.45) is -0.629. The van der Waals surface area contributed by atoms with E-state index in [0.29, 0.717) is 6.42 Å². The van der Waals surface area contributed by atoms with Gasteiger partial charge in [-0.05, 0) is 92.6 Å². The standard InChI is InChI=1S/C34H39F2NO13.C4H7NO5/c1-17-10-20-21-14-23(35)22-13-19(38)6-7-33(22,3)34(21,36)27(41)15-32(20,2)28(17)25(40)16-48-31(44)50-26-12-18(11-24(39)29(26)42)30(43)47-8-4-5-9-49-37(45)46;6-4(7)2-1-3-10-5(8)9/h6-7,11-13,17,20-21,23,27-28,39,41-42H,4-5,8-10,14-16H2,1-3H3;1-3H2,(H,6,7)/t17-,20?,21?,23+,27?,28?,32?,33?,34+;/m1./s1. The lowest BCUT2D eigenvalue weighted by atomic mass is 9.45. The molecule has 330 valence electrons. The van der Waals surface area contributed by atoms with Crippen molar-refractivity contribution in [1.29, 1.82) is 0 Å². The van der Waals surface area contributed by atoms with Gasteiger partial charge in [-0.2, -0.15) is 0 Å². The number of benzene rings is 1. The first kappa shape index (κ1) is 46.8. The summed E-state index contributed by atoms with van der Waals surface area (Å²) in [5.41, 5.74) is -5.18. The highest BCUT2D eigenvalue weighted by Crippen LogP contribution is 2.70. The van der Waals surface area contributed by atoms with Crippen LogP contribution in [-0.4, -0.2) is 105 Å². The fourth-order valence-corrected chi connectivity index (χ4v) is 9.34. The maximum absolute atomic E-state index is 17.3. The first-order valence-corrected chi connectivity index (χ1v) is 18.9. The molecule has 0 aliphatic heterocycles. The molecule has 3 fully saturated rings. The molecule has 0 saturated heterocycles. The third kappa shape index (κ3) is 9.91. The highest BCUT2D eigenvalue weighted by atomic mass is 19.1. The van der Waals surface area contributed by atoms with Gasteiger partial charge in [0.25, 0.3) is 10.2 Å². The largest absolute Gasteiger partial charge is 0.514 e. The molecule has 0 spiro atoms. The Morgan fingerprint density at radius 3 is 2.22 bits per heavy atom. The number of fused-ring (bicyclic) bond motifs is 5. The van der Waals surface area contributed by atoms with Crippen molar-refractivity contribution in [3.05, 3.63) is 61.7 Å². The first-order valence-electron chi connectivity index (χ1n) is 18.9. The molecule has 1 aromatic rings. The molecule has 0 aromatic heterocycles. The van der Waals surface area contributed by atoms with E-state index >= 15 is 8.78 Å². The average Bonchev–Trinajstić information content (AvgIpc) is 3.43. The zero-order valence-corrected chi connectivity index (χ0v) is 32.8. The lowest BCUT2D eigenvalue weighted by Crippen LogP contribution is -2.68. The number of aliphatic carboxylic acids is 1. The van der Waals surface area contributed by atoms with E-state index in [4.69, 9.17) is 19.3 Å². The molecular formula is C38H46F2N2O18. The number of nitrogens with zero attached hydrogens (tertiary/aromatic N) is 2. The van der Waals surface area contributed by atoms with E-state index in [9.17, 15) is 59.5 Å². The summed E-state index contributed by atoms with van der Waals surface area (Å²) in [5.74, 6) is -8.04. The zero-order valence-electron chi connectivity index (χ0n) is 32.8. The van der Waals surface area contributed by atoms with Crippen LogP contribution < -0.4 is 4.74 Å². The second-order valence-corrected chi connectivity index (χ2v) is 15.5. The number of rotatable bonds is 16. The number of carboxylic acid groups (broad SMARTS) is 1. The monoisotopic (exact) mass is 856 g/mol. The number of esters is 1. The van der Waals surface area contributed by atoms with Gasteiger partial charge in [-0.15, -0.1) is 20.2 Å². The second-order valence-electron chi connectivity index (χ2n) is 15.5. The number of hydrogen-bond donors (Lipinski definition) is 4. The van der Waals surface area contributed by atoms with Crippen molar-refractivity contribution < 1.29 is 87.2 Å². The van der Waals surface area contributed by atoms with Crippen LogP contribution in [0.15, 0.2) is 35.9 Å². The van der Waals surface area contributed by atoms with Gasteiger partial charge < -0.3 is 44.3 Å². The van der Waals surface area contributed by atoms with Crippen molar-refractivity contribution in [2.75, 3.05) is 26.4 Å². The summed E-state index contributed by atoms with van der Waals surface area (Å²) in [6.45, 7) is 3.71. The Balaban J connectivity index is 0.000000703. The number of carboxylic acids is 1. The van der Waals surface area contributed by atoms with Crippen molar-refractivity contribution in [1.82, 2.24) is 0 Å². The number of halogens is 2. The van der Waals surface area contributed by atoms with Gasteiger partial charge in [0, 0.05) is 23.7 Å². The van der Waals surface area contributed by atoms with E-state index in [1.165, 1.54) is 19.1 Å². The van der Waals surface area contributed by atoms with Gasteiger partial charge in [0.1, 0.15) is 6.17 Å². The molecule has 9 atom stereocenters. The highest BCUT2D eigenvalue weighted by Gasteiger charge is 2.73. The van der Waals surface area contributed by atoms with E-state index in [-0.39, 0.29) is 75.4 Å². The smallest absolute Gasteiger partial charge is 0.504 e. The van der Waals surface area contributed by atoms with Gasteiger partial charge in [0.05, 0.1) is 31.5 Å². The molecule has 0 radical (unpaired) electrons. The van der Waals surface area contributed by atoms with Crippen LogP contribution in [0, 0.1) is 54.7 Å². The number of allylic oxidation sites excluding steroid dienone is 4. The fourth-order valence-electron chi connectivity index (χ4n) is 9.34. The molecule has 0 amide bonds. The summed E-state index contributed by atoms with van der Waals surface area (Å²) in [7, 11) is 0. The van der Waals surface area contributed by atoms with Crippen molar-refractivity contribution in [2.24, 2.45) is 34.5 Å². The number of phenols is 2. The molecule has 4 N–H and O–H groups in total. The Kier molecular flexibility index (Phi) is 14.8. The summed E-state index contributed by atoms with van der Waals surface area (Å²) < 4.78 is 48.0. The molecule has 4 aliphatic carbocycles. The number of aromatic hydroxyl groups is 2. The maximum atomic E-state index is 17.3. The predicted octanol–water partition coefficient (Wildman–Crippen LogP) is 4.57. The minimum Gasteiger partial charge on any atom is -0.504 e. The highest BCUT2D eigenvalue weighted by molar-refractivity contribution is 6.01. The van der Waals surface area contributed by atoms with E-state index in [1.807, 2.05) is 0 Å². The normalized spacial score (nSPS) is 29.8. The number of Topliss-reactive ketones (excluding diaryl/α,β-unsaturated/α-hetero) is 1. The van der Waals surface area contributed by atoms with Gasteiger partial charge in [-0.1, -0.05) is 19.9 Å². The Morgan fingerprint density at radius 1 is 0.950 bits per heavy atom. The SMILES string of the molecule is C[C@@H]1CC2C3C[C@H](F)C4=CC(=O)C=CC4(C)[C@@]3(F)C(O)CC2(C)C1C(=O)COC(=O)Oc1cc(C(=O)OCCCCO[N+](=O)[O-])cc(O)c1O.O=C(O)CCCO[N+](=O)[O-].